The lowest BCUT2D eigenvalue weighted by atomic mass is 10.2. The number of hydrogen-bond acceptors (Lipinski definition) is 6. The number of furan rings is 1. The summed E-state index contributed by atoms with van der Waals surface area (Å²) in [4.78, 5) is 24.5. The van der Waals surface area contributed by atoms with Crippen LogP contribution in [0.5, 0.6) is 0 Å². The Morgan fingerprint density at radius 2 is 2.21 bits per heavy atom. The van der Waals surface area contributed by atoms with Gasteiger partial charge in [-0.1, -0.05) is 5.16 Å². The molecule has 3 aromatic rings. The van der Waals surface area contributed by atoms with Crippen molar-refractivity contribution in [2.75, 3.05) is 0 Å². The molecular formula is C16H18N4O4. The van der Waals surface area contributed by atoms with Gasteiger partial charge in [-0.3, -0.25) is 9.59 Å². The summed E-state index contributed by atoms with van der Waals surface area (Å²) in [6, 6.07) is 3.52. The Balaban J connectivity index is 1.73. The first-order chi connectivity index (χ1) is 11.5. The molecule has 8 nitrogen and oxygen atoms in total. The SMILES string of the molecule is Cc1nn(CC(=O)NC(C)Cc2ccco2)c(=O)c2noc(C)c12. The molecule has 1 N–H and O–H groups in total. The molecule has 0 aromatic carbocycles. The third-order valence-corrected chi connectivity index (χ3v) is 3.72. The zero-order chi connectivity index (χ0) is 17.3. The lowest BCUT2D eigenvalue weighted by Gasteiger charge is -2.13. The standard InChI is InChI=1S/C16H18N4O4/c1-9(7-12-5-4-6-23-12)17-13(21)8-20-16(22)15-14(10(2)18-20)11(3)24-19-15/h4-6,9H,7-8H2,1-3H3,(H,17,21). The van der Waals surface area contributed by atoms with Gasteiger partial charge in [-0.05, 0) is 32.9 Å². The molecule has 1 atom stereocenters. The second-order valence-corrected chi connectivity index (χ2v) is 5.76. The maximum Gasteiger partial charge on any atom is 0.297 e. The number of aryl methyl sites for hydroxylation is 2. The van der Waals surface area contributed by atoms with Gasteiger partial charge in [-0.25, -0.2) is 4.68 Å². The Morgan fingerprint density at radius 1 is 1.42 bits per heavy atom. The highest BCUT2D eigenvalue weighted by atomic mass is 16.5. The first kappa shape index (κ1) is 16.0. The first-order valence-electron chi connectivity index (χ1n) is 7.61. The molecule has 24 heavy (non-hydrogen) atoms. The number of carbonyl (C=O) groups excluding carboxylic acids is 1. The van der Waals surface area contributed by atoms with E-state index in [1.807, 2.05) is 13.0 Å². The number of fused-ring (bicyclic) bond motifs is 1. The molecule has 1 unspecified atom stereocenters. The average Bonchev–Trinajstić information content (AvgIpc) is 3.14. The molecule has 0 spiro atoms. The van der Waals surface area contributed by atoms with Gasteiger partial charge >= 0.3 is 0 Å². The molecular weight excluding hydrogens is 312 g/mol. The van der Waals surface area contributed by atoms with E-state index < -0.39 is 5.56 Å². The van der Waals surface area contributed by atoms with Crippen LogP contribution in [0.1, 0.15) is 24.1 Å². The Kier molecular flexibility index (Phi) is 4.20. The van der Waals surface area contributed by atoms with Crippen LogP contribution in [0.3, 0.4) is 0 Å². The van der Waals surface area contributed by atoms with Gasteiger partial charge in [0.2, 0.25) is 5.91 Å². The van der Waals surface area contributed by atoms with Crippen molar-refractivity contribution in [3.63, 3.8) is 0 Å². The van der Waals surface area contributed by atoms with Crippen molar-refractivity contribution >= 4 is 16.8 Å². The van der Waals surface area contributed by atoms with Gasteiger partial charge in [-0.15, -0.1) is 0 Å². The van der Waals surface area contributed by atoms with E-state index in [2.05, 4.69) is 15.6 Å². The highest BCUT2D eigenvalue weighted by molar-refractivity contribution is 5.82. The van der Waals surface area contributed by atoms with Crippen LogP contribution < -0.4 is 10.9 Å². The maximum atomic E-state index is 12.4. The van der Waals surface area contributed by atoms with Crippen LogP contribution >= 0.6 is 0 Å². The monoisotopic (exact) mass is 330 g/mol. The normalized spacial score (nSPS) is 12.5. The molecule has 3 heterocycles. The van der Waals surface area contributed by atoms with Crippen LogP contribution in [0.25, 0.3) is 10.9 Å². The largest absolute Gasteiger partial charge is 0.469 e. The van der Waals surface area contributed by atoms with Gasteiger partial charge in [0.25, 0.3) is 5.56 Å². The van der Waals surface area contributed by atoms with Gasteiger partial charge < -0.3 is 14.3 Å². The van der Waals surface area contributed by atoms with Gasteiger partial charge in [0, 0.05) is 12.5 Å². The fraction of sp³-hybridized carbons (Fsp3) is 0.375. The molecule has 8 heteroatoms. The molecule has 1 amide bonds. The lowest BCUT2D eigenvalue weighted by Crippen LogP contribution is -2.39. The molecule has 0 saturated heterocycles. The number of hydrogen-bond donors (Lipinski definition) is 1. The van der Waals surface area contributed by atoms with Crippen molar-refractivity contribution in [3.05, 3.63) is 46.0 Å². The van der Waals surface area contributed by atoms with Gasteiger partial charge in [-0.2, -0.15) is 5.10 Å². The minimum atomic E-state index is -0.443. The van der Waals surface area contributed by atoms with Gasteiger partial charge in [0.15, 0.2) is 5.52 Å². The molecule has 0 aliphatic carbocycles. The van der Waals surface area contributed by atoms with E-state index >= 15 is 0 Å². The smallest absolute Gasteiger partial charge is 0.297 e. The Morgan fingerprint density at radius 3 is 2.92 bits per heavy atom. The first-order valence-corrected chi connectivity index (χ1v) is 7.61. The minimum absolute atomic E-state index is 0.126. The Bertz CT molecular complexity index is 924. The number of rotatable bonds is 5. The number of amides is 1. The summed E-state index contributed by atoms with van der Waals surface area (Å²) < 4.78 is 11.4. The van der Waals surface area contributed by atoms with Crippen molar-refractivity contribution in [2.24, 2.45) is 0 Å². The molecule has 0 radical (unpaired) electrons. The second-order valence-electron chi connectivity index (χ2n) is 5.76. The molecule has 0 saturated carbocycles. The van der Waals surface area contributed by atoms with E-state index in [1.54, 1.807) is 26.2 Å². The summed E-state index contributed by atoms with van der Waals surface area (Å²) in [5.74, 6) is 1.02. The zero-order valence-electron chi connectivity index (χ0n) is 13.7. The molecule has 0 aliphatic rings. The van der Waals surface area contributed by atoms with Crippen molar-refractivity contribution in [1.82, 2.24) is 20.3 Å². The Hall–Kier alpha value is -2.90. The van der Waals surface area contributed by atoms with Crippen LogP contribution in [0.4, 0.5) is 0 Å². The second kappa shape index (κ2) is 6.31. The molecule has 3 rings (SSSR count). The summed E-state index contributed by atoms with van der Waals surface area (Å²) in [5, 5.41) is 11.4. The van der Waals surface area contributed by atoms with Gasteiger partial charge in [0.1, 0.15) is 18.1 Å². The summed E-state index contributed by atoms with van der Waals surface area (Å²) in [6.45, 7) is 5.16. The topological polar surface area (TPSA) is 103 Å². The zero-order valence-corrected chi connectivity index (χ0v) is 13.7. The van der Waals surface area contributed by atoms with Crippen LogP contribution in [0.2, 0.25) is 0 Å². The fourth-order valence-corrected chi connectivity index (χ4v) is 2.69. The third-order valence-electron chi connectivity index (χ3n) is 3.72. The molecule has 0 bridgehead atoms. The third kappa shape index (κ3) is 3.08. The van der Waals surface area contributed by atoms with Crippen LogP contribution in [0.15, 0.2) is 32.1 Å². The number of nitrogens with zero attached hydrogens (tertiary/aromatic N) is 3. The number of aromatic nitrogens is 3. The molecule has 3 aromatic heterocycles. The minimum Gasteiger partial charge on any atom is -0.469 e. The van der Waals surface area contributed by atoms with E-state index in [1.165, 1.54) is 0 Å². The van der Waals surface area contributed by atoms with E-state index in [0.717, 1.165) is 10.4 Å². The summed E-state index contributed by atoms with van der Waals surface area (Å²) in [7, 11) is 0. The maximum absolute atomic E-state index is 12.4. The predicted molar refractivity (Wildman–Crippen MR) is 85.6 cm³/mol. The van der Waals surface area contributed by atoms with Crippen molar-refractivity contribution in [3.8, 4) is 0 Å². The van der Waals surface area contributed by atoms with E-state index in [0.29, 0.717) is 23.3 Å². The molecule has 0 fully saturated rings. The highest BCUT2D eigenvalue weighted by Crippen LogP contribution is 2.16. The summed E-state index contributed by atoms with van der Waals surface area (Å²) >= 11 is 0. The van der Waals surface area contributed by atoms with Crippen LogP contribution in [-0.4, -0.2) is 26.9 Å². The van der Waals surface area contributed by atoms with E-state index in [9.17, 15) is 9.59 Å². The van der Waals surface area contributed by atoms with Crippen molar-refractivity contribution in [1.29, 1.82) is 0 Å². The van der Waals surface area contributed by atoms with Gasteiger partial charge in [0.05, 0.1) is 17.3 Å². The summed E-state index contributed by atoms with van der Waals surface area (Å²) in [6.07, 6.45) is 2.16. The number of nitrogens with one attached hydrogen (secondary N) is 1. The molecule has 0 aliphatic heterocycles. The lowest BCUT2D eigenvalue weighted by molar-refractivity contribution is -0.122. The average molecular weight is 330 g/mol. The Labute approximate surface area is 137 Å². The number of carbonyl (C=O) groups is 1. The fourth-order valence-electron chi connectivity index (χ4n) is 2.69. The van der Waals surface area contributed by atoms with Crippen molar-refractivity contribution in [2.45, 2.75) is 39.8 Å². The van der Waals surface area contributed by atoms with E-state index in [4.69, 9.17) is 8.94 Å². The molecule has 126 valence electrons. The van der Waals surface area contributed by atoms with Crippen LogP contribution in [0, 0.1) is 13.8 Å². The van der Waals surface area contributed by atoms with E-state index in [-0.39, 0.29) is 24.0 Å². The predicted octanol–water partition coefficient (Wildman–Crippen LogP) is 1.34. The quantitative estimate of drug-likeness (QED) is 0.757. The summed E-state index contributed by atoms with van der Waals surface area (Å²) in [5.41, 5.74) is 0.345. The highest BCUT2D eigenvalue weighted by Gasteiger charge is 2.17. The van der Waals surface area contributed by atoms with Crippen molar-refractivity contribution < 1.29 is 13.7 Å². The van der Waals surface area contributed by atoms with Crippen LogP contribution in [-0.2, 0) is 17.8 Å².